The number of piperazine rings is 1. The summed E-state index contributed by atoms with van der Waals surface area (Å²) in [5, 5.41) is 20.3. The van der Waals surface area contributed by atoms with E-state index < -0.39 is 27.0 Å². The van der Waals surface area contributed by atoms with E-state index in [1.807, 2.05) is 4.40 Å². The average molecular weight is 579 g/mol. The molecule has 3 aromatic heterocycles. The van der Waals surface area contributed by atoms with Crippen molar-refractivity contribution in [2.75, 3.05) is 24.6 Å². The van der Waals surface area contributed by atoms with Gasteiger partial charge in [-0.3, -0.25) is 4.40 Å². The first-order valence-corrected chi connectivity index (χ1v) is 15.2. The minimum absolute atomic E-state index is 0.0380. The largest absolute Gasteiger partial charge is 0.370 e. The van der Waals surface area contributed by atoms with Crippen LogP contribution < -0.4 is 14.9 Å². The highest BCUT2D eigenvalue weighted by atomic mass is 32.2. The van der Waals surface area contributed by atoms with Gasteiger partial charge in [-0.05, 0) is 51.7 Å². The molecule has 6 rings (SSSR count). The third kappa shape index (κ3) is 4.89. The molecule has 3 aliphatic rings. The Labute approximate surface area is 228 Å². The summed E-state index contributed by atoms with van der Waals surface area (Å²) in [6.07, 6.45) is -0.703. The maximum atomic E-state index is 13.6. The molecule has 0 bridgehead atoms. The molecule has 1 unspecified atom stereocenters. The fourth-order valence-corrected chi connectivity index (χ4v) is 7.45. The highest BCUT2D eigenvalue weighted by Gasteiger charge is 2.47. The number of sulfonamides is 1. The van der Waals surface area contributed by atoms with Crippen molar-refractivity contribution in [3.63, 3.8) is 0 Å². The number of alkyl halides is 2. The standard InChI is InChI=1S/C24H28F2N8O3S2/c1-13-10-33(11-14(2)28-13)18-9-15(39(35,36)32-24(12-27)5-6-24)8-16-19(22-30-31-23(38-22)20(25)26)29-21(34(16)18)17-4-3-7-37-17/h8-9,13-14,17,20,28,32H,3-7,10-11H2,1-2H3/t13-,14-,17?/m0/s1. The van der Waals surface area contributed by atoms with E-state index in [0.29, 0.717) is 49.7 Å². The summed E-state index contributed by atoms with van der Waals surface area (Å²) in [5.41, 5.74) is -0.447. The van der Waals surface area contributed by atoms with Crippen molar-refractivity contribution in [3.8, 4) is 16.8 Å². The van der Waals surface area contributed by atoms with Crippen LogP contribution in [0.1, 0.15) is 62.9 Å². The zero-order valence-corrected chi connectivity index (χ0v) is 23.0. The Bertz CT molecular complexity index is 1550. The number of nitriles is 1. The van der Waals surface area contributed by atoms with E-state index in [9.17, 15) is 22.5 Å². The van der Waals surface area contributed by atoms with Gasteiger partial charge >= 0.3 is 0 Å². The van der Waals surface area contributed by atoms with Crippen molar-refractivity contribution in [1.29, 1.82) is 5.26 Å². The highest BCUT2D eigenvalue weighted by molar-refractivity contribution is 7.89. The van der Waals surface area contributed by atoms with Gasteiger partial charge < -0.3 is 15.0 Å². The predicted molar refractivity (Wildman–Crippen MR) is 139 cm³/mol. The van der Waals surface area contributed by atoms with E-state index in [1.165, 1.54) is 6.07 Å². The smallest absolute Gasteiger partial charge is 0.291 e. The van der Waals surface area contributed by atoms with E-state index in [1.54, 1.807) is 6.07 Å². The Morgan fingerprint density at radius 1 is 1.26 bits per heavy atom. The minimum atomic E-state index is -4.10. The number of hydrogen-bond donors (Lipinski definition) is 2. The van der Waals surface area contributed by atoms with Crippen LogP contribution in [0.4, 0.5) is 14.6 Å². The van der Waals surface area contributed by atoms with Gasteiger partial charge in [0, 0.05) is 31.8 Å². The maximum absolute atomic E-state index is 13.6. The minimum Gasteiger partial charge on any atom is -0.370 e. The molecule has 3 fully saturated rings. The predicted octanol–water partition coefficient (Wildman–Crippen LogP) is 3.16. The van der Waals surface area contributed by atoms with Gasteiger partial charge in [-0.15, -0.1) is 10.2 Å². The molecule has 2 N–H and O–H groups in total. The van der Waals surface area contributed by atoms with Crippen LogP contribution in [0, 0.1) is 11.3 Å². The van der Waals surface area contributed by atoms with E-state index in [4.69, 9.17) is 9.72 Å². The molecule has 0 aromatic carbocycles. The normalized spacial score (nSPS) is 24.9. The van der Waals surface area contributed by atoms with Crippen LogP contribution in [-0.2, 0) is 14.8 Å². The van der Waals surface area contributed by atoms with Crippen LogP contribution in [0.5, 0.6) is 0 Å². The zero-order valence-electron chi connectivity index (χ0n) is 21.4. The van der Waals surface area contributed by atoms with E-state index in [-0.39, 0.29) is 33.8 Å². The Kier molecular flexibility index (Phi) is 6.58. The lowest BCUT2D eigenvalue weighted by Crippen LogP contribution is -2.54. The monoisotopic (exact) mass is 578 g/mol. The van der Waals surface area contributed by atoms with Gasteiger partial charge in [-0.25, -0.2) is 22.2 Å². The SMILES string of the molecule is C[C@H]1CN(c2cc(S(=O)(=O)NC3(C#N)CC3)cc3c(-c4nnc(C(F)F)s4)nc(C4CCCO4)n23)C[C@H](C)N1. The summed E-state index contributed by atoms with van der Waals surface area (Å²) in [4.78, 5) is 6.89. The summed E-state index contributed by atoms with van der Waals surface area (Å²) in [5.74, 6) is 1.16. The van der Waals surface area contributed by atoms with E-state index >= 15 is 0 Å². The van der Waals surface area contributed by atoms with Gasteiger partial charge in [0.25, 0.3) is 6.43 Å². The number of anilines is 1. The van der Waals surface area contributed by atoms with Crippen molar-refractivity contribution in [2.24, 2.45) is 0 Å². The van der Waals surface area contributed by atoms with Crippen LogP contribution in [0.3, 0.4) is 0 Å². The lowest BCUT2D eigenvalue weighted by molar-refractivity contribution is 0.105. The number of halogens is 2. The Hall–Kier alpha value is -2.77. The molecule has 2 aliphatic heterocycles. The van der Waals surface area contributed by atoms with Crippen LogP contribution in [-0.4, -0.2) is 65.3 Å². The number of imidazole rings is 1. The summed E-state index contributed by atoms with van der Waals surface area (Å²) < 4.78 is 64.4. The van der Waals surface area contributed by atoms with Gasteiger partial charge in [0.05, 0.1) is 16.5 Å². The topological polar surface area (TPSA) is 138 Å². The second-order valence-electron chi connectivity index (χ2n) is 10.5. The van der Waals surface area contributed by atoms with Crippen LogP contribution in [0.2, 0.25) is 0 Å². The Balaban J connectivity index is 1.59. The molecule has 3 atom stereocenters. The number of fused-ring (bicyclic) bond motifs is 1. The number of hydrogen-bond acceptors (Lipinski definition) is 10. The van der Waals surface area contributed by atoms with Crippen molar-refractivity contribution in [1.82, 2.24) is 29.6 Å². The zero-order chi connectivity index (χ0) is 27.5. The Morgan fingerprint density at radius 3 is 2.59 bits per heavy atom. The fraction of sp³-hybridized carbons (Fsp3) is 0.583. The van der Waals surface area contributed by atoms with E-state index in [2.05, 4.69) is 45.1 Å². The third-order valence-corrected chi connectivity index (χ3v) is 9.70. The molecule has 1 saturated carbocycles. The number of nitrogens with one attached hydrogen (secondary N) is 2. The summed E-state index contributed by atoms with van der Waals surface area (Å²) >= 11 is 0.723. The lowest BCUT2D eigenvalue weighted by atomic mass is 10.1. The van der Waals surface area contributed by atoms with Crippen molar-refractivity contribution in [3.05, 3.63) is 23.0 Å². The van der Waals surface area contributed by atoms with Crippen molar-refractivity contribution in [2.45, 2.75) is 74.6 Å². The molecule has 15 heteroatoms. The lowest BCUT2D eigenvalue weighted by Gasteiger charge is -2.38. The number of rotatable bonds is 7. The van der Waals surface area contributed by atoms with Crippen LogP contribution >= 0.6 is 11.3 Å². The first kappa shape index (κ1) is 26.5. The molecule has 2 saturated heterocycles. The van der Waals surface area contributed by atoms with Crippen molar-refractivity contribution >= 4 is 32.7 Å². The second kappa shape index (κ2) is 9.70. The van der Waals surface area contributed by atoms with Gasteiger partial charge in [0.15, 0.2) is 10.0 Å². The average Bonchev–Trinajstić information content (AvgIpc) is 3.30. The van der Waals surface area contributed by atoms with Crippen LogP contribution in [0.25, 0.3) is 16.2 Å². The number of ether oxygens (including phenoxy) is 1. The number of nitrogens with zero attached hydrogens (tertiary/aromatic N) is 6. The van der Waals surface area contributed by atoms with Crippen LogP contribution in [0.15, 0.2) is 17.0 Å². The molecular formula is C24H28F2N8O3S2. The highest BCUT2D eigenvalue weighted by Crippen LogP contribution is 2.40. The quantitative estimate of drug-likeness (QED) is 0.433. The fourth-order valence-electron chi connectivity index (χ4n) is 5.35. The van der Waals surface area contributed by atoms with Gasteiger partial charge in [0.1, 0.15) is 29.0 Å². The molecular weight excluding hydrogens is 550 g/mol. The molecule has 208 valence electrons. The number of aromatic nitrogens is 4. The molecule has 0 radical (unpaired) electrons. The Morgan fingerprint density at radius 2 is 2.00 bits per heavy atom. The third-order valence-electron chi connectivity index (χ3n) is 7.25. The van der Waals surface area contributed by atoms with Gasteiger partial charge in [-0.2, -0.15) is 9.98 Å². The molecule has 3 aromatic rings. The van der Waals surface area contributed by atoms with E-state index in [0.717, 1.165) is 24.2 Å². The van der Waals surface area contributed by atoms with Gasteiger partial charge in [0.2, 0.25) is 10.0 Å². The molecule has 1 aliphatic carbocycles. The van der Waals surface area contributed by atoms with Crippen molar-refractivity contribution < 1.29 is 21.9 Å². The molecule has 11 nitrogen and oxygen atoms in total. The summed E-state index contributed by atoms with van der Waals surface area (Å²) in [6, 6.07) is 5.39. The summed E-state index contributed by atoms with van der Waals surface area (Å²) in [6.45, 7) is 5.88. The second-order valence-corrected chi connectivity index (χ2v) is 13.2. The molecule has 0 spiro atoms. The van der Waals surface area contributed by atoms with Gasteiger partial charge in [-0.1, -0.05) is 11.3 Å². The first-order valence-electron chi connectivity index (χ1n) is 12.9. The molecule has 39 heavy (non-hydrogen) atoms. The first-order chi connectivity index (χ1) is 18.6. The number of pyridine rings is 1. The summed E-state index contributed by atoms with van der Waals surface area (Å²) in [7, 11) is -4.10. The maximum Gasteiger partial charge on any atom is 0.291 e. The molecule has 0 amide bonds. The molecule has 5 heterocycles.